The average Bonchev–Trinajstić information content (AvgIpc) is 3.29. The summed E-state index contributed by atoms with van der Waals surface area (Å²) in [4.78, 5) is 45.4. The third-order valence-corrected chi connectivity index (χ3v) is 7.85. The van der Waals surface area contributed by atoms with E-state index in [2.05, 4.69) is 62.3 Å². The molecule has 1 aliphatic carbocycles. The predicted octanol–water partition coefficient (Wildman–Crippen LogP) is 5.39. The van der Waals surface area contributed by atoms with Gasteiger partial charge < -0.3 is 14.2 Å². The molecule has 2 aliphatic heterocycles. The Balaban J connectivity index is 1.80. The summed E-state index contributed by atoms with van der Waals surface area (Å²) in [6.07, 6.45) is 0.0679. The molecule has 5 rings (SSSR count). The van der Waals surface area contributed by atoms with Gasteiger partial charge in [0.25, 0.3) is 11.8 Å². The Hall–Kier alpha value is -4.46. The van der Waals surface area contributed by atoms with Crippen LogP contribution in [-0.4, -0.2) is 49.0 Å². The lowest BCUT2D eigenvalue weighted by molar-refractivity contribution is -0.172. The number of fused-ring (bicyclic) bond motifs is 2. The normalized spacial score (nSPS) is 13.3. The standard InChI is InChI=1S/C33H36N3O5/c1-6-34(7-2)22-14-15-25-28(19-22)40-29-20-27(35(8-3)9-4)21(5)18-26(29)32(25)23-12-10-11-13-24(23)33(39)41-36-30(37)16-17-31(36)38/h10-15,18-20H,6-9,16-17H2,1-5H3/q+1. The van der Waals surface area contributed by atoms with Gasteiger partial charge in [0.05, 0.1) is 11.6 Å². The van der Waals surface area contributed by atoms with E-state index in [4.69, 9.17) is 9.25 Å². The molecule has 3 aliphatic rings. The summed E-state index contributed by atoms with van der Waals surface area (Å²) in [6.45, 7) is 14.0. The van der Waals surface area contributed by atoms with E-state index in [0.29, 0.717) is 22.0 Å². The number of imide groups is 1. The van der Waals surface area contributed by atoms with E-state index in [1.807, 2.05) is 24.3 Å². The Morgan fingerprint density at radius 3 is 2.27 bits per heavy atom. The van der Waals surface area contributed by atoms with E-state index in [9.17, 15) is 14.4 Å². The fraction of sp³-hybridized carbons (Fsp3) is 0.333. The predicted molar refractivity (Wildman–Crippen MR) is 159 cm³/mol. The fourth-order valence-corrected chi connectivity index (χ4v) is 5.67. The first kappa shape index (κ1) is 28.1. The first-order valence-electron chi connectivity index (χ1n) is 14.3. The van der Waals surface area contributed by atoms with Crippen LogP contribution in [0.3, 0.4) is 0 Å². The van der Waals surface area contributed by atoms with Gasteiger partial charge >= 0.3 is 5.97 Å². The maximum absolute atomic E-state index is 13.5. The second kappa shape index (κ2) is 11.6. The molecular formula is C33H36N3O5+. The van der Waals surface area contributed by atoms with Crippen molar-refractivity contribution in [3.63, 3.8) is 0 Å². The molecule has 41 heavy (non-hydrogen) atoms. The van der Waals surface area contributed by atoms with Crippen LogP contribution in [0.2, 0.25) is 0 Å². The minimum atomic E-state index is -0.762. The topological polar surface area (TPSA) is 83.1 Å². The Morgan fingerprint density at radius 2 is 1.61 bits per heavy atom. The maximum atomic E-state index is 13.5. The van der Waals surface area contributed by atoms with Gasteiger partial charge in [-0.15, -0.1) is 5.06 Å². The number of nitrogens with zero attached hydrogens (tertiary/aromatic N) is 3. The minimum Gasteiger partial charge on any atom is -0.456 e. The molecule has 0 radical (unpaired) electrons. The lowest BCUT2D eigenvalue weighted by Gasteiger charge is -2.23. The van der Waals surface area contributed by atoms with Crippen LogP contribution in [0.4, 0.5) is 5.69 Å². The maximum Gasteiger partial charge on any atom is 0.364 e. The number of anilines is 1. The largest absolute Gasteiger partial charge is 0.456 e. The number of hydrogen-bond acceptors (Lipinski definition) is 6. The van der Waals surface area contributed by atoms with E-state index in [1.54, 1.807) is 12.1 Å². The zero-order valence-corrected chi connectivity index (χ0v) is 24.3. The third kappa shape index (κ3) is 5.10. The zero-order valence-electron chi connectivity index (χ0n) is 24.3. The van der Waals surface area contributed by atoms with Gasteiger partial charge in [-0.05, 0) is 64.4 Å². The number of amides is 2. The van der Waals surface area contributed by atoms with Crippen LogP contribution in [-0.2, 0) is 14.4 Å². The van der Waals surface area contributed by atoms with Crippen LogP contribution in [0.5, 0.6) is 0 Å². The lowest BCUT2D eigenvalue weighted by Crippen LogP contribution is -2.32. The number of hydroxylamine groups is 2. The summed E-state index contributed by atoms with van der Waals surface area (Å²) in [7, 11) is 0. The molecule has 2 heterocycles. The highest BCUT2D eigenvalue weighted by Crippen LogP contribution is 2.42. The number of rotatable bonds is 8. The summed E-state index contributed by atoms with van der Waals surface area (Å²) in [5, 5.41) is 2.53. The molecule has 0 atom stereocenters. The zero-order chi connectivity index (χ0) is 29.3. The molecule has 1 fully saturated rings. The third-order valence-electron chi connectivity index (χ3n) is 7.85. The van der Waals surface area contributed by atoms with E-state index in [-0.39, 0.29) is 18.4 Å². The van der Waals surface area contributed by atoms with E-state index in [1.165, 1.54) is 0 Å². The van der Waals surface area contributed by atoms with Crippen molar-refractivity contribution in [2.24, 2.45) is 0 Å². The van der Waals surface area contributed by atoms with E-state index >= 15 is 0 Å². The minimum absolute atomic E-state index is 0.0340. The summed E-state index contributed by atoms with van der Waals surface area (Å²) in [5.41, 5.74) is 5.40. The molecule has 2 amide bonds. The smallest absolute Gasteiger partial charge is 0.364 e. The van der Waals surface area contributed by atoms with Gasteiger partial charge in [-0.25, -0.2) is 9.37 Å². The van der Waals surface area contributed by atoms with Crippen LogP contribution in [0.1, 0.15) is 56.5 Å². The fourth-order valence-electron chi connectivity index (χ4n) is 5.67. The van der Waals surface area contributed by atoms with Crippen LogP contribution < -0.4 is 14.8 Å². The SMILES string of the molecule is CCN(CC)c1ccc2c(-c3ccccc3C(=O)ON3C(=O)CCC3=O)c3cc(C)c(=[N+](CC)CC)cc-3oc2c1. The molecule has 8 heteroatoms. The number of carbonyl (C=O) groups is 3. The average molecular weight is 555 g/mol. The summed E-state index contributed by atoms with van der Waals surface area (Å²) >= 11 is 0. The highest BCUT2D eigenvalue weighted by atomic mass is 16.7. The molecule has 1 saturated heterocycles. The van der Waals surface area contributed by atoms with Gasteiger partial charge in [-0.2, -0.15) is 0 Å². The quantitative estimate of drug-likeness (QED) is 0.165. The highest BCUT2D eigenvalue weighted by Gasteiger charge is 2.34. The Labute approximate surface area is 239 Å². The number of carbonyl (C=O) groups excluding carboxylic acids is 3. The summed E-state index contributed by atoms with van der Waals surface area (Å²) in [5.74, 6) is -1.09. The number of aryl methyl sites for hydroxylation is 1. The molecule has 2 aromatic carbocycles. The molecule has 8 nitrogen and oxygen atoms in total. The number of benzene rings is 3. The Bertz CT molecular complexity index is 1680. The second-order valence-electron chi connectivity index (χ2n) is 10.1. The molecule has 0 N–H and O–H groups in total. The van der Waals surface area contributed by atoms with Gasteiger partial charge in [0, 0.05) is 59.8 Å². The van der Waals surface area contributed by atoms with Crippen molar-refractivity contribution in [3.8, 4) is 22.5 Å². The van der Waals surface area contributed by atoms with Gasteiger partial charge in [0.2, 0.25) is 5.36 Å². The lowest BCUT2D eigenvalue weighted by atomic mass is 9.90. The summed E-state index contributed by atoms with van der Waals surface area (Å²) < 4.78 is 8.88. The summed E-state index contributed by atoms with van der Waals surface area (Å²) in [6, 6.07) is 17.5. The second-order valence-corrected chi connectivity index (χ2v) is 10.1. The Kier molecular flexibility index (Phi) is 7.92. The van der Waals surface area contributed by atoms with Crippen molar-refractivity contribution in [1.82, 2.24) is 9.64 Å². The van der Waals surface area contributed by atoms with Crippen molar-refractivity contribution in [2.75, 3.05) is 31.1 Å². The van der Waals surface area contributed by atoms with Crippen molar-refractivity contribution in [1.29, 1.82) is 0 Å². The highest BCUT2D eigenvalue weighted by molar-refractivity contribution is 6.09. The van der Waals surface area contributed by atoms with Gasteiger partial charge in [0.1, 0.15) is 24.4 Å². The van der Waals surface area contributed by atoms with Crippen LogP contribution in [0.25, 0.3) is 33.4 Å². The van der Waals surface area contributed by atoms with Gasteiger partial charge in [0.15, 0.2) is 0 Å². The monoisotopic (exact) mass is 554 g/mol. The Morgan fingerprint density at radius 1 is 0.927 bits per heavy atom. The number of hydrogen-bond donors (Lipinski definition) is 0. The van der Waals surface area contributed by atoms with Crippen LogP contribution in [0.15, 0.2) is 59.0 Å². The van der Waals surface area contributed by atoms with Crippen molar-refractivity contribution < 1.29 is 23.6 Å². The molecule has 0 saturated carbocycles. The van der Waals surface area contributed by atoms with Crippen molar-refractivity contribution in [2.45, 2.75) is 47.5 Å². The molecule has 2 aromatic rings. The van der Waals surface area contributed by atoms with E-state index in [0.717, 1.165) is 59.3 Å². The van der Waals surface area contributed by atoms with Gasteiger partial charge in [-0.1, -0.05) is 18.2 Å². The van der Waals surface area contributed by atoms with Crippen LogP contribution >= 0.6 is 0 Å². The molecule has 0 unspecified atom stereocenters. The molecule has 212 valence electrons. The molecular weight excluding hydrogens is 518 g/mol. The first-order chi connectivity index (χ1) is 19.8. The first-order valence-corrected chi connectivity index (χ1v) is 14.3. The van der Waals surface area contributed by atoms with Crippen LogP contribution in [0, 0.1) is 6.92 Å². The van der Waals surface area contributed by atoms with Crippen molar-refractivity contribution in [3.05, 3.63) is 71.1 Å². The van der Waals surface area contributed by atoms with E-state index < -0.39 is 17.8 Å². The molecule has 0 bridgehead atoms. The molecule has 0 spiro atoms. The van der Waals surface area contributed by atoms with Crippen molar-refractivity contribution >= 4 is 34.4 Å². The molecule has 0 aromatic heterocycles. The van der Waals surface area contributed by atoms with Gasteiger partial charge in [-0.3, -0.25) is 9.59 Å².